The molecule has 1 aliphatic carbocycles. The molecule has 0 heterocycles. The third-order valence-electron chi connectivity index (χ3n) is 3.37. The molecule has 4 nitrogen and oxygen atoms in total. The van der Waals surface area contributed by atoms with Crippen LogP contribution in [0.25, 0.3) is 0 Å². The van der Waals surface area contributed by atoms with E-state index in [0.717, 1.165) is 18.2 Å². The molecule has 0 atom stereocenters. The van der Waals surface area contributed by atoms with Gasteiger partial charge in [-0.15, -0.1) is 0 Å². The number of methoxy groups -OCH3 is 2. The van der Waals surface area contributed by atoms with Crippen LogP contribution in [0.3, 0.4) is 0 Å². The summed E-state index contributed by atoms with van der Waals surface area (Å²) >= 11 is 3.50. The number of halogens is 1. The zero-order chi connectivity index (χ0) is 13.9. The number of rotatable bonds is 6. The van der Waals surface area contributed by atoms with Crippen molar-refractivity contribution in [2.24, 2.45) is 5.41 Å². The molecule has 0 aliphatic heterocycles. The van der Waals surface area contributed by atoms with E-state index < -0.39 is 5.97 Å². The number of carbonyl (C=O) groups excluding carboxylic acids is 1. The van der Waals surface area contributed by atoms with Gasteiger partial charge in [-0.2, -0.15) is 0 Å². The molecule has 0 aromatic heterocycles. The molecule has 0 N–H and O–H groups in total. The first kappa shape index (κ1) is 14.2. The molecule has 1 aromatic rings. The van der Waals surface area contributed by atoms with Crippen LogP contribution in [0.15, 0.2) is 18.2 Å². The van der Waals surface area contributed by atoms with Crippen molar-refractivity contribution in [2.75, 3.05) is 26.2 Å². The molecular formula is C14H17BrO4. The molecule has 0 radical (unpaired) electrons. The van der Waals surface area contributed by atoms with Gasteiger partial charge in [-0.05, 0) is 25.0 Å². The molecule has 1 aliphatic rings. The van der Waals surface area contributed by atoms with Crippen LogP contribution >= 0.6 is 15.9 Å². The molecule has 5 heteroatoms. The third kappa shape index (κ3) is 3.21. The summed E-state index contributed by atoms with van der Waals surface area (Å²) in [5.41, 5.74) is 0.643. The lowest BCUT2D eigenvalue weighted by atomic mass is 10.1. The lowest BCUT2D eigenvalue weighted by Gasteiger charge is -2.16. The first-order valence-electron chi connectivity index (χ1n) is 6.09. The van der Waals surface area contributed by atoms with Gasteiger partial charge >= 0.3 is 5.97 Å². The molecule has 1 fully saturated rings. The van der Waals surface area contributed by atoms with Gasteiger partial charge in [-0.25, -0.2) is 4.79 Å². The number of alkyl halides is 1. The number of carbonyl (C=O) groups is 1. The summed E-state index contributed by atoms with van der Waals surface area (Å²) in [7, 11) is 2.94. The molecule has 2 rings (SSSR count). The maximum Gasteiger partial charge on any atom is 0.341 e. The smallest absolute Gasteiger partial charge is 0.341 e. The summed E-state index contributed by atoms with van der Waals surface area (Å²) in [4.78, 5) is 11.7. The first-order valence-corrected chi connectivity index (χ1v) is 7.21. The number of hydrogen-bond donors (Lipinski definition) is 0. The number of benzene rings is 1. The van der Waals surface area contributed by atoms with Gasteiger partial charge in [0, 0.05) is 16.8 Å². The highest BCUT2D eigenvalue weighted by Gasteiger charge is 2.42. The fourth-order valence-electron chi connectivity index (χ4n) is 1.75. The van der Waals surface area contributed by atoms with Crippen LogP contribution in [-0.2, 0) is 4.74 Å². The maximum atomic E-state index is 11.7. The van der Waals surface area contributed by atoms with Gasteiger partial charge < -0.3 is 14.2 Å². The standard InChI is InChI=1S/C14H17BrO4/c1-17-10-3-4-11(13(16)18-2)12(7-10)19-9-14(8-15)5-6-14/h3-4,7H,5-6,8-9H2,1-2H3. The molecule has 0 unspecified atom stereocenters. The zero-order valence-electron chi connectivity index (χ0n) is 11.1. The van der Waals surface area contributed by atoms with E-state index in [2.05, 4.69) is 15.9 Å². The lowest BCUT2D eigenvalue weighted by molar-refractivity contribution is 0.0595. The Morgan fingerprint density at radius 3 is 2.63 bits per heavy atom. The van der Waals surface area contributed by atoms with E-state index >= 15 is 0 Å². The van der Waals surface area contributed by atoms with E-state index in [4.69, 9.17) is 14.2 Å². The minimum absolute atomic E-state index is 0.219. The van der Waals surface area contributed by atoms with Gasteiger partial charge in [-0.1, -0.05) is 15.9 Å². The lowest BCUT2D eigenvalue weighted by Crippen LogP contribution is -2.16. The minimum atomic E-state index is -0.402. The van der Waals surface area contributed by atoms with E-state index in [9.17, 15) is 4.79 Å². The molecule has 0 spiro atoms. The molecule has 1 aromatic carbocycles. The summed E-state index contributed by atoms with van der Waals surface area (Å²) < 4.78 is 15.7. The highest BCUT2D eigenvalue weighted by atomic mass is 79.9. The van der Waals surface area contributed by atoms with Gasteiger partial charge in [0.05, 0.1) is 20.8 Å². The van der Waals surface area contributed by atoms with Crippen molar-refractivity contribution in [1.29, 1.82) is 0 Å². The minimum Gasteiger partial charge on any atom is -0.497 e. The summed E-state index contributed by atoms with van der Waals surface area (Å²) in [5.74, 6) is 0.770. The SMILES string of the molecule is COC(=O)c1ccc(OC)cc1OCC1(CBr)CC1. The van der Waals surface area contributed by atoms with Gasteiger partial charge in [0.25, 0.3) is 0 Å². The van der Waals surface area contributed by atoms with E-state index in [0.29, 0.717) is 23.7 Å². The second-order valence-corrected chi connectivity index (χ2v) is 5.34. The van der Waals surface area contributed by atoms with Crippen molar-refractivity contribution in [3.63, 3.8) is 0 Å². The molecule has 1 saturated carbocycles. The number of esters is 1. The Kier molecular flexibility index (Phi) is 4.34. The first-order chi connectivity index (χ1) is 9.14. The zero-order valence-corrected chi connectivity index (χ0v) is 12.7. The fraction of sp³-hybridized carbons (Fsp3) is 0.500. The fourth-order valence-corrected chi connectivity index (χ4v) is 2.47. The Balaban J connectivity index is 2.17. The second kappa shape index (κ2) is 5.82. The Morgan fingerprint density at radius 1 is 1.37 bits per heavy atom. The van der Waals surface area contributed by atoms with E-state index in [1.165, 1.54) is 7.11 Å². The Bertz CT molecular complexity index is 469. The van der Waals surface area contributed by atoms with Gasteiger partial charge in [0.15, 0.2) is 0 Å². The Morgan fingerprint density at radius 2 is 2.11 bits per heavy atom. The molecule has 19 heavy (non-hydrogen) atoms. The maximum absolute atomic E-state index is 11.7. The molecule has 0 saturated heterocycles. The average molecular weight is 329 g/mol. The normalized spacial score (nSPS) is 15.7. The summed E-state index contributed by atoms with van der Waals surface area (Å²) in [6.45, 7) is 0.593. The third-order valence-corrected chi connectivity index (χ3v) is 4.56. The van der Waals surface area contributed by atoms with Crippen molar-refractivity contribution >= 4 is 21.9 Å². The largest absolute Gasteiger partial charge is 0.497 e. The average Bonchev–Trinajstić information content (AvgIpc) is 3.24. The Labute approximate surface area is 121 Å². The van der Waals surface area contributed by atoms with Crippen LogP contribution in [-0.4, -0.2) is 32.1 Å². The monoisotopic (exact) mass is 328 g/mol. The van der Waals surface area contributed by atoms with Crippen LogP contribution in [0.1, 0.15) is 23.2 Å². The van der Waals surface area contributed by atoms with Crippen LogP contribution in [0.2, 0.25) is 0 Å². The summed E-state index contributed by atoms with van der Waals surface area (Å²) in [6.07, 6.45) is 2.30. The van der Waals surface area contributed by atoms with Crippen LogP contribution in [0.5, 0.6) is 11.5 Å². The van der Waals surface area contributed by atoms with Crippen molar-refractivity contribution in [1.82, 2.24) is 0 Å². The quantitative estimate of drug-likeness (QED) is 0.594. The van der Waals surface area contributed by atoms with Crippen LogP contribution in [0, 0.1) is 5.41 Å². The van der Waals surface area contributed by atoms with Crippen molar-refractivity contribution in [2.45, 2.75) is 12.8 Å². The highest BCUT2D eigenvalue weighted by molar-refractivity contribution is 9.09. The van der Waals surface area contributed by atoms with Crippen LogP contribution < -0.4 is 9.47 Å². The van der Waals surface area contributed by atoms with Crippen molar-refractivity contribution in [3.8, 4) is 11.5 Å². The van der Waals surface area contributed by atoms with E-state index in [1.807, 2.05) is 0 Å². The summed E-state index contributed by atoms with van der Waals surface area (Å²) in [6, 6.07) is 5.10. The van der Waals surface area contributed by atoms with E-state index in [1.54, 1.807) is 25.3 Å². The Hall–Kier alpha value is -1.23. The summed E-state index contributed by atoms with van der Waals surface area (Å²) in [5, 5.41) is 0.914. The molecule has 0 amide bonds. The molecular weight excluding hydrogens is 312 g/mol. The predicted octanol–water partition coefficient (Wildman–Crippen LogP) is 3.04. The van der Waals surface area contributed by atoms with Crippen LogP contribution in [0.4, 0.5) is 0 Å². The molecule has 104 valence electrons. The van der Waals surface area contributed by atoms with Gasteiger partial charge in [-0.3, -0.25) is 0 Å². The molecule has 0 bridgehead atoms. The number of ether oxygens (including phenoxy) is 3. The topological polar surface area (TPSA) is 44.8 Å². The predicted molar refractivity (Wildman–Crippen MR) is 75.3 cm³/mol. The van der Waals surface area contributed by atoms with Crippen molar-refractivity contribution < 1.29 is 19.0 Å². The number of hydrogen-bond acceptors (Lipinski definition) is 4. The van der Waals surface area contributed by atoms with Crippen molar-refractivity contribution in [3.05, 3.63) is 23.8 Å². The second-order valence-electron chi connectivity index (χ2n) is 4.78. The van der Waals surface area contributed by atoms with E-state index in [-0.39, 0.29) is 5.41 Å². The van der Waals surface area contributed by atoms with Gasteiger partial charge in [0.2, 0.25) is 0 Å². The van der Waals surface area contributed by atoms with Gasteiger partial charge in [0.1, 0.15) is 17.1 Å². The highest BCUT2D eigenvalue weighted by Crippen LogP contribution is 2.47.